The van der Waals surface area contributed by atoms with E-state index in [-0.39, 0.29) is 5.91 Å². The van der Waals surface area contributed by atoms with Gasteiger partial charge in [0.1, 0.15) is 11.6 Å². The molecule has 2 heterocycles. The Hall–Kier alpha value is -3.74. The van der Waals surface area contributed by atoms with Crippen molar-refractivity contribution in [1.82, 2.24) is 25.1 Å². The third-order valence-electron chi connectivity index (χ3n) is 5.15. The standard InChI is InChI=1S/C24H26N6O/c1-4-20-27-22(25-14-15-26-24(31)18-11-6-5-7-12-18)21-17(3)29-30(23(21)28-20)19-13-9-8-10-16(19)2/h5-13H,4,14-15H2,1-3H3,(H,26,31)(H,25,27,28). The van der Waals surface area contributed by atoms with E-state index in [0.717, 1.165) is 39.6 Å². The van der Waals surface area contributed by atoms with Crippen LogP contribution >= 0.6 is 0 Å². The molecule has 0 aliphatic heterocycles. The second-order valence-electron chi connectivity index (χ2n) is 7.37. The number of aromatic nitrogens is 4. The molecule has 31 heavy (non-hydrogen) atoms. The van der Waals surface area contributed by atoms with E-state index in [1.165, 1.54) is 0 Å². The van der Waals surface area contributed by atoms with Gasteiger partial charge in [0.25, 0.3) is 5.91 Å². The molecule has 0 saturated heterocycles. The highest BCUT2D eigenvalue weighted by atomic mass is 16.1. The molecule has 7 nitrogen and oxygen atoms in total. The van der Waals surface area contributed by atoms with Gasteiger partial charge in [-0.05, 0) is 37.6 Å². The lowest BCUT2D eigenvalue weighted by molar-refractivity contribution is 0.0955. The monoisotopic (exact) mass is 414 g/mol. The molecular weight excluding hydrogens is 388 g/mol. The number of anilines is 1. The number of nitrogens with zero attached hydrogens (tertiary/aromatic N) is 4. The molecule has 0 radical (unpaired) electrons. The molecule has 7 heteroatoms. The number of hydrogen-bond acceptors (Lipinski definition) is 5. The number of carbonyl (C=O) groups excluding carboxylic acids is 1. The Labute approximate surface area is 181 Å². The van der Waals surface area contributed by atoms with Crippen LogP contribution < -0.4 is 10.6 Å². The number of nitrogens with one attached hydrogen (secondary N) is 2. The Kier molecular flexibility index (Phi) is 5.93. The fraction of sp³-hybridized carbons (Fsp3) is 0.250. The summed E-state index contributed by atoms with van der Waals surface area (Å²) >= 11 is 0. The van der Waals surface area contributed by atoms with Gasteiger partial charge in [-0.1, -0.05) is 43.3 Å². The quantitative estimate of drug-likeness (QED) is 0.449. The van der Waals surface area contributed by atoms with Gasteiger partial charge in [-0.2, -0.15) is 5.10 Å². The zero-order chi connectivity index (χ0) is 21.8. The molecule has 4 aromatic rings. The number of carbonyl (C=O) groups is 1. The summed E-state index contributed by atoms with van der Waals surface area (Å²) in [5, 5.41) is 12.0. The summed E-state index contributed by atoms with van der Waals surface area (Å²) in [5.74, 6) is 1.40. The van der Waals surface area contributed by atoms with E-state index < -0.39 is 0 Å². The van der Waals surface area contributed by atoms with Crippen LogP contribution in [0, 0.1) is 13.8 Å². The largest absolute Gasteiger partial charge is 0.368 e. The average molecular weight is 415 g/mol. The Balaban J connectivity index is 1.58. The van der Waals surface area contributed by atoms with Crippen molar-refractivity contribution < 1.29 is 4.79 Å². The highest BCUT2D eigenvalue weighted by Gasteiger charge is 2.18. The molecule has 0 spiro atoms. The van der Waals surface area contributed by atoms with Crippen LogP contribution in [0.25, 0.3) is 16.7 Å². The molecule has 0 saturated carbocycles. The molecule has 0 atom stereocenters. The van der Waals surface area contributed by atoms with Gasteiger partial charge < -0.3 is 10.6 Å². The lowest BCUT2D eigenvalue weighted by Gasteiger charge is -2.11. The molecule has 4 rings (SSSR count). The fourth-order valence-electron chi connectivity index (χ4n) is 3.53. The van der Waals surface area contributed by atoms with E-state index in [4.69, 9.17) is 15.1 Å². The van der Waals surface area contributed by atoms with E-state index >= 15 is 0 Å². The molecule has 1 amide bonds. The molecule has 2 N–H and O–H groups in total. The van der Waals surface area contributed by atoms with E-state index in [9.17, 15) is 4.79 Å². The van der Waals surface area contributed by atoms with Crippen LogP contribution in [0.15, 0.2) is 54.6 Å². The minimum absolute atomic E-state index is 0.0898. The Bertz CT molecular complexity index is 1220. The topological polar surface area (TPSA) is 84.7 Å². The number of para-hydroxylation sites is 1. The van der Waals surface area contributed by atoms with Gasteiger partial charge >= 0.3 is 0 Å². The van der Waals surface area contributed by atoms with Crippen LogP contribution in [-0.2, 0) is 6.42 Å². The number of aryl methyl sites for hydroxylation is 3. The number of fused-ring (bicyclic) bond motifs is 1. The van der Waals surface area contributed by atoms with Gasteiger partial charge in [-0.15, -0.1) is 0 Å². The smallest absolute Gasteiger partial charge is 0.251 e. The summed E-state index contributed by atoms with van der Waals surface area (Å²) in [5.41, 5.74) is 4.42. The minimum atomic E-state index is -0.0898. The molecule has 2 aromatic heterocycles. The van der Waals surface area contributed by atoms with Gasteiger partial charge in [0.15, 0.2) is 5.65 Å². The van der Waals surface area contributed by atoms with Crippen molar-refractivity contribution >= 4 is 22.8 Å². The number of hydrogen-bond donors (Lipinski definition) is 2. The van der Waals surface area contributed by atoms with E-state index in [2.05, 4.69) is 23.6 Å². The van der Waals surface area contributed by atoms with Crippen molar-refractivity contribution in [3.63, 3.8) is 0 Å². The first-order valence-corrected chi connectivity index (χ1v) is 10.5. The molecule has 2 aromatic carbocycles. The first-order valence-electron chi connectivity index (χ1n) is 10.5. The third-order valence-corrected chi connectivity index (χ3v) is 5.15. The lowest BCUT2D eigenvalue weighted by Crippen LogP contribution is -2.29. The zero-order valence-electron chi connectivity index (χ0n) is 18.0. The van der Waals surface area contributed by atoms with Crippen molar-refractivity contribution in [3.05, 3.63) is 77.2 Å². The molecule has 0 unspecified atom stereocenters. The average Bonchev–Trinajstić information content (AvgIpc) is 3.13. The summed E-state index contributed by atoms with van der Waals surface area (Å²) in [6.07, 6.45) is 0.716. The van der Waals surface area contributed by atoms with Crippen LogP contribution in [0.3, 0.4) is 0 Å². The molecule has 0 fully saturated rings. The van der Waals surface area contributed by atoms with Gasteiger partial charge in [0.2, 0.25) is 0 Å². The Morgan fingerprint density at radius 1 is 0.968 bits per heavy atom. The minimum Gasteiger partial charge on any atom is -0.368 e. The van der Waals surface area contributed by atoms with Crippen LogP contribution in [0.1, 0.15) is 34.4 Å². The van der Waals surface area contributed by atoms with Crippen LogP contribution in [0.4, 0.5) is 5.82 Å². The van der Waals surface area contributed by atoms with E-state index in [0.29, 0.717) is 25.1 Å². The van der Waals surface area contributed by atoms with Crippen LogP contribution in [-0.4, -0.2) is 38.7 Å². The highest BCUT2D eigenvalue weighted by molar-refractivity contribution is 5.94. The van der Waals surface area contributed by atoms with Crippen molar-refractivity contribution in [3.8, 4) is 5.69 Å². The van der Waals surface area contributed by atoms with Gasteiger partial charge in [-0.25, -0.2) is 14.6 Å². The summed E-state index contributed by atoms with van der Waals surface area (Å²) in [6.45, 7) is 7.09. The molecular formula is C24H26N6O. The van der Waals surface area contributed by atoms with Crippen molar-refractivity contribution in [2.75, 3.05) is 18.4 Å². The summed E-state index contributed by atoms with van der Waals surface area (Å²) in [6, 6.07) is 17.3. The second kappa shape index (κ2) is 8.95. The number of amides is 1. The predicted octanol–water partition coefficient (Wildman–Crippen LogP) is 3.84. The molecule has 0 bridgehead atoms. The van der Waals surface area contributed by atoms with Crippen molar-refractivity contribution in [1.29, 1.82) is 0 Å². The lowest BCUT2D eigenvalue weighted by atomic mass is 10.2. The second-order valence-corrected chi connectivity index (χ2v) is 7.37. The van der Waals surface area contributed by atoms with E-state index in [1.54, 1.807) is 12.1 Å². The molecule has 0 aliphatic rings. The van der Waals surface area contributed by atoms with Gasteiger partial charge in [0, 0.05) is 25.1 Å². The molecule has 158 valence electrons. The van der Waals surface area contributed by atoms with Gasteiger partial charge in [0.05, 0.1) is 16.8 Å². The summed E-state index contributed by atoms with van der Waals surface area (Å²) in [7, 11) is 0. The van der Waals surface area contributed by atoms with Gasteiger partial charge in [-0.3, -0.25) is 4.79 Å². The van der Waals surface area contributed by atoms with Crippen LogP contribution in [0.2, 0.25) is 0 Å². The first-order chi connectivity index (χ1) is 15.1. The molecule has 0 aliphatic carbocycles. The fourth-order valence-corrected chi connectivity index (χ4v) is 3.53. The maximum Gasteiger partial charge on any atom is 0.251 e. The summed E-state index contributed by atoms with van der Waals surface area (Å²) in [4.78, 5) is 21.7. The number of rotatable bonds is 7. The van der Waals surface area contributed by atoms with Crippen molar-refractivity contribution in [2.45, 2.75) is 27.2 Å². The van der Waals surface area contributed by atoms with Crippen molar-refractivity contribution in [2.24, 2.45) is 0 Å². The summed E-state index contributed by atoms with van der Waals surface area (Å²) < 4.78 is 1.89. The zero-order valence-corrected chi connectivity index (χ0v) is 18.0. The normalized spacial score (nSPS) is 10.9. The Morgan fingerprint density at radius 3 is 2.45 bits per heavy atom. The van der Waals surface area contributed by atoms with Crippen LogP contribution in [0.5, 0.6) is 0 Å². The number of benzene rings is 2. The Morgan fingerprint density at radius 2 is 1.71 bits per heavy atom. The SMILES string of the molecule is CCc1nc(NCCNC(=O)c2ccccc2)c2c(C)nn(-c3ccccc3C)c2n1. The maximum atomic E-state index is 12.2. The first kappa shape index (κ1) is 20.5. The maximum absolute atomic E-state index is 12.2. The highest BCUT2D eigenvalue weighted by Crippen LogP contribution is 2.27. The third kappa shape index (κ3) is 4.26. The van der Waals surface area contributed by atoms with E-state index in [1.807, 2.05) is 54.9 Å². The predicted molar refractivity (Wildman–Crippen MR) is 123 cm³/mol.